The number of carbonyl (C=O) groups is 1. The van der Waals surface area contributed by atoms with Crippen LogP contribution in [0.25, 0.3) is 0 Å². The highest BCUT2D eigenvalue weighted by Crippen LogP contribution is 2.60. The first-order valence-corrected chi connectivity index (χ1v) is 4.91. The Balaban J connectivity index is 1.90. The lowest BCUT2D eigenvalue weighted by Crippen LogP contribution is -2.19. The molecule has 3 unspecified atom stereocenters. The summed E-state index contributed by atoms with van der Waals surface area (Å²) in [5.74, 6) is 1.57. The van der Waals surface area contributed by atoms with E-state index < -0.39 is 0 Å². The molecule has 0 amide bonds. The van der Waals surface area contributed by atoms with Gasteiger partial charge in [0.1, 0.15) is 0 Å². The minimum Gasteiger partial charge on any atom is -0.469 e. The zero-order valence-corrected chi connectivity index (χ0v) is 8.06. The number of carbonyl (C=O) groups excluding carboxylic acids is 1. The van der Waals surface area contributed by atoms with Gasteiger partial charge in [0.05, 0.1) is 19.1 Å². The standard InChI is InChI=1S/C10H16O3/c1-5(10(12)13-2)9-7-3-6(11)4-8(7)9/h5-9,11H,3-4H2,1-2H3. The topological polar surface area (TPSA) is 46.5 Å². The number of rotatable bonds is 2. The van der Waals surface area contributed by atoms with E-state index in [0.717, 1.165) is 12.8 Å². The maximum atomic E-state index is 11.2. The Hall–Kier alpha value is -0.570. The quantitative estimate of drug-likeness (QED) is 0.646. The van der Waals surface area contributed by atoms with Gasteiger partial charge in [-0.25, -0.2) is 0 Å². The van der Waals surface area contributed by atoms with Crippen LogP contribution < -0.4 is 0 Å². The summed E-state index contributed by atoms with van der Waals surface area (Å²) >= 11 is 0. The third-order valence-corrected chi connectivity index (χ3v) is 3.64. The molecule has 0 radical (unpaired) electrons. The Morgan fingerprint density at radius 1 is 1.46 bits per heavy atom. The fourth-order valence-electron chi connectivity index (χ4n) is 2.95. The maximum absolute atomic E-state index is 11.2. The van der Waals surface area contributed by atoms with E-state index in [1.807, 2.05) is 6.92 Å². The molecule has 3 heteroatoms. The second-order valence-electron chi connectivity index (χ2n) is 4.34. The molecule has 0 spiro atoms. The molecular weight excluding hydrogens is 168 g/mol. The van der Waals surface area contributed by atoms with Gasteiger partial charge in [-0.1, -0.05) is 6.92 Å². The van der Waals surface area contributed by atoms with Gasteiger partial charge in [0.25, 0.3) is 0 Å². The first-order chi connectivity index (χ1) is 6.15. The van der Waals surface area contributed by atoms with E-state index in [1.54, 1.807) is 0 Å². The van der Waals surface area contributed by atoms with Gasteiger partial charge in [-0.15, -0.1) is 0 Å². The van der Waals surface area contributed by atoms with Crippen molar-refractivity contribution in [2.75, 3.05) is 7.11 Å². The van der Waals surface area contributed by atoms with Gasteiger partial charge in [-0.2, -0.15) is 0 Å². The molecular formula is C10H16O3. The minimum absolute atomic E-state index is 0.0208. The first kappa shape index (κ1) is 9.00. The molecule has 3 nitrogen and oxygen atoms in total. The van der Waals surface area contributed by atoms with Crippen LogP contribution in [0.5, 0.6) is 0 Å². The molecule has 74 valence electrons. The van der Waals surface area contributed by atoms with E-state index in [2.05, 4.69) is 0 Å². The Kier molecular flexibility index (Phi) is 2.06. The lowest BCUT2D eigenvalue weighted by molar-refractivity contribution is -0.146. The van der Waals surface area contributed by atoms with E-state index in [-0.39, 0.29) is 18.0 Å². The van der Waals surface area contributed by atoms with E-state index in [9.17, 15) is 9.90 Å². The predicted molar refractivity (Wildman–Crippen MR) is 46.9 cm³/mol. The van der Waals surface area contributed by atoms with Crippen LogP contribution in [0.2, 0.25) is 0 Å². The number of ether oxygens (including phenoxy) is 1. The molecule has 13 heavy (non-hydrogen) atoms. The number of aliphatic hydroxyl groups is 1. The molecule has 0 bridgehead atoms. The fourth-order valence-corrected chi connectivity index (χ4v) is 2.95. The van der Waals surface area contributed by atoms with Crippen molar-refractivity contribution in [2.45, 2.75) is 25.9 Å². The highest BCUT2D eigenvalue weighted by atomic mass is 16.5. The van der Waals surface area contributed by atoms with Crippen LogP contribution in [0.1, 0.15) is 19.8 Å². The molecule has 2 aliphatic carbocycles. The lowest BCUT2D eigenvalue weighted by atomic mass is 9.98. The average Bonchev–Trinajstić information content (AvgIpc) is 2.62. The van der Waals surface area contributed by atoms with Gasteiger partial charge in [0.2, 0.25) is 0 Å². The number of aliphatic hydroxyl groups excluding tert-OH is 1. The maximum Gasteiger partial charge on any atom is 0.308 e. The molecule has 0 aromatic heterocycles. The highest BCUT2D eigenvalue weighted by Gasteiger charge is 2.59. The van der Waals surface area contributed by atoms with Gasteiger partial charge in [0.15, 0.2) is 0 Å². The first-order valence-electron chi connectivity index (χ1n) is 4.91. The molecule has 2 saturated carbocycles. The van der Waals surface area contributed by atoms with Crippen LogP contribution in [-0.4, -0.2) is 24.3 Å². The molecule has 2 rings (SSSR count). The lowest BCUT2D eigenvalue weighted by Gasteiger charge is -2.12. The van der Waals surface area contributed by atoms with E-state index in [0.29, 0.717) is 17.8 Å². The number of hydrogen-bond acceptors (Lipinski definition) is 3. The van der Waals surface area contributed by atoms with Gasteiger partial charge in [-0.05, 0) is 30.6 Å². The van der Waals surface area contributed by atoms with Gasteiger partial charge >= 0.3 is 5.97 Å². The number of hydrogen-bond donors (Lipinski definition) is 1. The normalized spacial score (nSPS) is 43.9. The summed E-state index contributed by atoms with van der Waals surface area (Å²) < 4.78 is 4.70. The Morgan fingerprint density at radius 2 is 2.00 bits per heavy atom. The van der Waals surface area contributed by atoms with Crippen molar-refractivity contribution >= 4 is 5.97 Å². The summed E-state index contributed by atoms with van der Waals surface area (Å²) in [5.41, 5.74) is 0. The van der Waals surface area contributed by atoms with Crippen molar-refractivity contribution in [3.8, 4) is 0 Å². The van der Waals surface area contributed by atoms with Gasteiger partial charge in [-0.3, -0.25) is 4.79 Å². The molecule has 1 N–H and O–H groups in total. The van der Waals surface area contributed by atoms with E-state index in [4.69, 9.17) is 4.74 Å². The van der Waals surface area contributed by atoms with Crippen LogP contribution in [0.3, 0.4) is 0 Å². The zero-order chi connectivity index (χ0) is 9.59. The van der Waals surface area contributed by atoms with Crippen LogP contribution >= 0.6 is 0 Å². The van der Waals surface area contributed by atoms with E-state index >= 15 is 0 Å². The monoisotopic (exact) mass is 184 g/mol. The molecule has 3 atom stereocenters. The van der Waals surface area contributed by atoms with Crippen molar-refractivity contribution in [3.05, 3.63) is 0 Å². The summed E-state index contributed by atoms with van der Waals surface area (Å²) in [7, 11) is 1.44. The molecule has 0 aromatic carbocycles. The highest BCUT2D eigenvalue weighted by molar-refractivity contribution is 5.72. The SMILES string of the molecule is COC(=O)C(C)C1C2CC(O)CC21. The average molecular weight is 184 g/mol. The third-order valence-electron chi connectivity index (χ3n) is 3.64. The second kappa shape index (κ2) is 2.98. The van der Waals surface area contributed by atoms with Crippen LogP contribution in [0, 0.1) is 23.7 Å². The molecule has 2 aliphatic rings. The van der Waals surface area contributed by atoms with Crippen molar-refractivity contribution in [1.29, 1.82) is 0 Å². The van der Waals surface area contributed by atoms with E-state index in [1.165, 1.54) is 7.11 Å². The van der Waals surface area contributed by atoms with Gasteiger partial charge < -0.3 is 9.84 Å². The Bertz CT molecular complexity index is 214. The number of fused-ring (bicyclic) bond motifs is 1. The summed E-state index contributed by atoms with van der Waals surface area (Å²) in [4.78, 5) is 11.2. The Morgan fingerprint density at radius 3 is 2.46 bits per heavy atom. The van der Waals surface area contributed by atoms with Gasteiger partial charge in [0, 0.05) is 0 Å². The van der Waals surface area contributed by atoms with Crippen molar-refractivity contribution < 1.29 is 14.6 Å². The molecule has 0 aromatic rings. The smallest absolute Gasteiger partial charge is 0.308 e. The summed E-state index contributed by atoms with van der Waals surface area (Å²) in [5, 5.41) is 9.31. The molecule has 0 heterocycles. The fraction of sp³-hybridized carbons (Fsp3) is 0.900. The minimum atomic E-state index is -0.115. The van der Waals surface area contributed by atoms with Crippen molar-refractivity contribution in [2.24, 2.45) is 23.7 Å². The summed E-state index contributed by atoms with van der Waals surface area (Å²) in [6.07, 6.45) is 1.66. The van der Waals surface area contributed by atoms with Crippen molar-refractivity contribution in [1.82, 2.24) is 0 Å². The molecule has 0 aliphatic heterocycles. The van der Waals surface area contributed by atoms with Crippen LogP contribution in [0.15, 0.2) is 0 Å². The predicted octanol–water partition coefficient (Wildman–Crippen LogP) is 0.812. The van der Waals surface area contributed by atoms with Crippen LogP contribution in [-0.2, 0) is 9.53 Å². The van der Waals surface area contributed by atoms with Crippen LogP contribution in [0.4, 0.5) is 0 Å². The number of esters is 1. The zero-order valence-electron chi connectivity index (χ0n) is 8.06. The molecule has 2 fully saturated rings. The molecule has 0 saturated heterocycles. The largest absolute Gasteiger partial charge is 0.469 e. The van der Waals surface area contributed by atoms with Crippen molar-refractivity contribution in [3.63, 3.8) is 0 Å². The second-order valence-corrected chi connectivity index (χ2v) is 4.34. The Labute approximate surface area is 78.1 Å². The number of methoxy groups -OCH3 is 1. The summed E-state index contributed by atoms with van der Waals surface area (Å²) in [6.45, 7) is 1.93. The third kappa shape index (κ3) is 1.35. The summed E-state index contributed by atoms with van der Waals surface area (Å²) in [6, 6.07) is 0.